The molecule has 0 bridgehead atoms. The van der Waals surface area contributed by atoms with Gasteiger partial charge in [-0.25, -0.2) is 0 Å². The van der Waals surface area contributed by atoms with Gasteiger partial charge in [-0.15, -0.1) is 0 Å². The molecule has 1 aromatic carbocycles. The molecule has 0 radical (unpaired) electrons. The van der Waals surface area contributed by atoms with Crippen molar-refractivity contribution in [2.24, 2.45) is 0 Å². The number of carbonyl (C=O) groups excluding carboxylic acids is 1. The molecule has 1 aromatic rings. The first-order chi connectivity index (χ1) is 8.38. The van der Waals surface area contributed by atoms with Gasteiger partial charge in [-0.05, 0) is 31.5 Å². The quantitative estimate of drug-likeness (QED) is 0.832. The van der Waals surface area contributed by atoms with Crippen molar-refractivity contribution in [3.05, 3.63) is 23.8 Å². The summed E-state index contributed by atoms with van der Waals surface area (Å²) in [5.74, 6) is 0.000142. The number of carbonyl (C=O) groups is 1. The van der Waals surface area contributed by atoms with Gasteiger partial charge >= 0.3 is 0 Å². The Morgan fingerprint density at radius 1 is 1.33 bits per heavy atom. The van der Waals surface area contributed by atoms with E-state index in [0.717, 1.165) is 12.1 Å². The zero-order valence-corrected chi connectivity index (χ0v) is 11.9. The molecule has 4 heteroatoms. The van der Waals surface area contributed by atoms with Crippen molar-refractivity contribution < 1.29 is 4.79 Å². The van der Waals surface area contributed by atoms with Gasteiger partial charge in [0.05, 0.1) is 11.3 Å². The Labute approximate surface area is 109 Å². The highest BCUT2D eigenvalue weighted by Gasteiger charge is 2.18. The maximum absolute atomic E-state index is 12.2. The van der Waals surface area contributed by atoms with Gasteiger partial charge in [-0.1, -0.05) is 6.92 Å². The lowest BCUT2D eigenvalue weighted by Crippen LogP contribution is -2.31. The van der Waals surface area contributed by atoms with Gasteiger partial charge in [0.2, 0.25) is 0 Å². The van der Waals surface area contributed by atoms with Gasteiger partial charge in [0.1, 0.15) is 0 Å². The highest BCUT2D eigenvalue weighted by Crippen LogP contribution is 2.25. The van der Waals surface area contributed by atoms with E-state index in [1.165, 1.54) is 0 Å². The molecule has 100 valence electrons. The van der Waals surface area contributed by atoms with Gasteiger partial charge < -0.3 is 15.5 Å². The molecule has 0 aliphatic carbocycles. The zero-order chi connectivity index (χ0) is 13.9. The average Bonchev–Trinajstić information content (AvgIpc) is 2.35. The molecule has 0 fully saturated rings. The third-order valence-corrected chi connectivity index (χ3v) is 3.29. The minimum atomic E-state index is 0.000142. The number of nitrogen functional groups attached to an aromatic ring is 1. The van der Waals surface area contributed by atoms with Gasteiger partial charge in [-0.2, -0.15) is 0 Å². The molecule has 1 rings (SSSR count). The summed E-state index contributed by atoms with van der Waals surface area (Å²) in [6.45, 7) is 4.26. The molecule has 1 amide bonds. The second-order valence-electron chi connectivity index (χ2n) is 4.84. The van der Waals surface area contributed by atoms with Crippen LogP contribution in [-0.4, -0.2) is 38.0 Å². The van der Waals surface area contributed by atoms with Crippen molar-refractivity contribution in [2.75, 3.05) is 31.8 Å². The van der Waals surface area contributed by atoms with E-state index in [2.05, 4.69) is 18.7 Å². The molecule has 1 unspecified atom stereocenters. The highest BCUT2D eigenvalue weighted by molar-refractivity contribution is 6.00. The summed E-state index contributed by atoms with van der Waals surface area (Å²) in [6, 6.07) is 5.79. The standard InChI is InChI=1S/C14H23N3O/c1-6-10(2)17(5)13-9-11(15)7-8-12(13)14(18)16(3)4/h7-10H,6,15H2,1-5H3. The van der Waals surface area contributed by atoms with Crippen molar-refractivity contribution in [3.63, 3.8) is 0 Å². The molecule has 1 atom stereocenters. The van der Waals surface area contributed by atoms with Crippen LogP contribution in [0.5, 0.6) is 0 Å². The van der Waals surface area contributed by atoms with E-state index in [1.807, 2.05) is 13.1 Å². The van der Waals surface area contributed by atoms with Crippen LogP contribution in [0.4, 0.5) is 11.4 Å². The molecule has 0 heterocycles. The summed E-state index contributed by atoms with van der Waals surface area (Å²) in [4.78, 5) is 15.8. The first kappa shape index (κ1) is 14.4. The number of amides is 1. The number of nitrogens with zero attached hydrogens (tertiary/aromatic N) is 2. The predicted octanol–water partition coefficient (Wildman–Crippen LogP) is 2.21. The van der Waals surface area contributed by atoms with E-state index in [-0.39, 0.29) is 5.91 Å². The Morgan fingerprint density at radius 2 is 1.94 bits per heavy atom. The summed E-state index contributed by atoms with van der Waals surface area (Å²) in [7, 11) is 5.51. The number of hydrogen-bond donors (Lipinski definition) is 1. The number of nitrogens with two attached hydrogens (primary N) is 1. The maximum Gasteiger partial charge on any atom is 0.255 e. The van der Waals surface area contributed by atoms with Gasteiger partial charge in [-0.3, -0.25) is 4.79 Å². The molecule has 0 saturated carbocycles. The molecule has 0 aliphatic heterocycles. The summed E-state index contributed by atoms with van der Waals surface area (Å²) in [6.07, 6.45) is 1.01. The number of benzene rings is 1. The Bertz CT molecular complexity index is 429. The van der Waals surface area contributed by atoms with E-state index in [1.54, 1.807) is 31.1 Å². The fourth-order valence-corrected chi connectivity index (χ4v) is 1.77. The molecular weight excluding hydrogens is 226 g/mol. The minimum absolute atomic E-state index is 0.000142. The molecule has 2 N–H and O–H groups in total. The lowest BCUT2D eigenvalue weighted by atomic mass is 10.1. The van der Waals surface area contributed by atoms with E-state index < -0.39 is 0 Å². The molecular formula is C14H23N3O. The topological polar surface area (TPSA) is 49.6 Å². The van der Waals surface area contributed by atoms with E-state index >= 15 is 0 Å². The van der Waals surface area contributed by atoms with E-state index in [9.17, 15) is 4.79 Å². The summed E-state index contributed by atoms with van der Waals surface area (Å²) in [5, 5.41) is 0. The predicted molar refractivity (Wildman–Crippen MR) is 77.0 cm³/mol. The van der Waals surface area contributed by atoms with Crippen LogP contribution < -0.4 is 10.6 Å². The van der Waals surface area contributed by atoms with E-state index in [4.69, 9.17) is 5.73 Å². The smallest absolute Gasteiger partial charge is 0.255 e. The van der Waals surface area contributed by atoms with Crippen molar-refractivity contribution >= 4 is 17.3 Å². The fourth-order valence-electron chi connectivity index (χ4n) is 1.77. The largest absolute Gasteiger partial charge is 0.399 e. The lowest BCUT2D eigenvalue weighted by molar-refractivity contribution is 0.0828. The number of hydrogen-bond acceptors (Lipinski definition) is 3. The second kappa shape index (κ2) is 5.76. The normalized spacial score (nSPS) is 12.1. The third-order valence-electron chi connectivity index (χ3n) is 3.29. The summed E-state index contributed by atoms with van der Waals surface area (Å²) < 4.78 is 0. The van der Waals surface area contributed by atoms with E-state index in [0.29, 0.717) is 17.3 Å². The summed E-state index contributed by atoms with van der Waals surface area (Å²) in [5.41, 5.74) is 8.09. The number of anilines is 2. The number of rotatable bonds is 4. The molecule has 18 heavy (non-hydrogen) atoms. The molecule has 0 aromatic heterocycles. The Balaban J connectivity index is 3.23. The average molecular weight is 249 g/mol. The lowest BCUT2D eigenvalue weighted by Gasteiger charge is -2.28. The van der Waals surface area contributed by atoms with Crippen molar-refractivity contribution in [1.82, 2.24) is 4.90 Å². The highest BCUT2D eigenvalue weighted by atomic mass is 16.2. The molecule has 4 nitrogen and oxygen atoms in total. The molecule has 0 aliphatic rings. The Morgan fingerprint density at radius 3 is 2.44 bits per heavy atom. The monoisotopic (exact) mass is 249 g/mol. The third kappa shape index (κ3) is 2.94. The zero-order valence-electron chi connectivity index (χ0n) is 11.9. The summed E-state index contributed by atoms with van der Waals surface area (Å²) >= 11 is 0. The van der Waals surface area contributed by atoms with Crippen molar-refractivity contribution in [3.8, 4) is 0 Å². The first-order valence-electron chi connectivity index (χ1n) is 6.22. The second-order valence-corrected chi connectivity index (χ2v) is 4.84. The van der Waals surface area contributed by atoms with Gasteiger partial charge in [0.25, 0.3) is 5.91 Å². The van der Waals surface area contributed by atoms with Crippen LogP contribution in [0.2, 0.25) is 0 Å². The molecule has 0 saturated heterocycles. The van der Waals surface area contributed by atoms with Crippen LogP contribution in [0.1, 0.15) is 30.6 Å². The van der Waals surface area contributed by atoms with Crippen LogP contribution in [0, 0.1) is 0 Å². The van der Waals surface area contributed by atoms with Crippen LogP contribution in [-0.2, 0) is 0 Å². The van der Waals surface area contributed by atoms with Crippen LogP contribution in [0.15, 0.2) is 18.2 Å². The fraction of sp³-hybridized carbons (Fsp3) is 0.500. The van der Waals surface area contributed by atoms with Gasteiger partial charge in [0.15, 0.2) is 0 Å². The van der Waals surface area contributed by atoms with Crippen LogP contribution in [0.3, 0.4) is 0 Å². The van der Waals surface area contributed by atoms with Crippen molar-refractivity contribution in [2.45, 2.75) is 26.3 Å². The molecule has 0 spiro atoms. The van der Waals surface area contributed by atoms with Gasteiger partial charge in [0, 0.05) is 32.9 Å². The maximum atomic E-state index is 12.2. The van der Waals surface area contributed by atoms with Crippen LogP contribution in [0.25, 0.3) is 0 Å². The van der Waals surface area contributed by atoms with Crippen molar-refractivity contribution in [1.29, 1.82) is 0 Å². The Hall–Kier alpha value is -1.71. The SMILES string of the molecule is CCC(C)N(C)c1cc(N)ccc1C(=O)N(C)C. The van der Waals surface area contributed by atoms with Crippen LogP contribution >= 0.6 is 0 Å². The minimum Gasteiger partial charge on any atom is -0.399 e. The Kier molecular flexibility index (Phi) is 4.59. The first-order valence-corrected chi connectivity index (χ1v) is 6.22.